The van der Waals surface area contributed by atoms with Gasteiger partial charge in [0.15, 0.2) is 0 Å². The van der Waals surface area contributed by atoms with Crippen LogP contribution in [0.1, 0.15) is 24.5 Å². The van der Waals surface area contributed by atoms with Crippen molar-refractivity contribution in [1.29, 1.82) is 0 Å². The summed E-state index contributed by atoms with van der Waals surface area (Å²) in [4.78, 5) is 25.5. The number of rotatable bonds is 6. The lowest BCUT2D eigenvalue weighted by atomic mass is 10.1. The van der Waals surface area contributed by atoms with Crippen LogP contribution in [-0.4, -0.2) is 46.5 Å². The molecule has 0 spiro atoms. The predicted octanol–water partition coefficient (Wildman–Crippen LogP) is 4.39. The summed E-state index contributed by atoms with van der Waals surface area (Å²) >= 11 is 0. The SMILES string of the molecule is Cc1cc(F)ccc1Oc1cc(N2CCN(C(=O)CCc3ccccc3)[C@H](C)C2)ncn1. The first-order chi connectivity index (χ1) is 15.5. The van der Waals surface area contributed by atoms with Gasteiger partial charge in [-0.25, -0.2) is 14.4 Å². The second-order valence-electron chi connectivity index (χ2n) is 8.09. The van der Waals surface area contributed by atoms with Crippen LogP contribution in [0.5, 0.6) is 11.6 Å². The van der Waals surface area contributed by atoms with Crippen LogP contribution in [0.2, 0.25) is 0 Å². The minimum Gasteiger partial charge on any atom is -0.439 e. The van der Waals surface area contributed by atoms with E-state index in [2.05, 4.69) is 33.9 Å². The fraction of sp³-hybridized carbons (Fsp3) is 0.320. The molecule has 3 aromatic rings. The van der Waals surface area contributed by atoms with Crippen molar-refractivity contribution >= 4 is 11.7 Å². The van der Waals surface area contributed by atoms with Crippen molar-refractivity contribution in [1.82, 2.24) is 14.9 Å². The van der Waals surface area contributed by atoms with Gasteiger partial charge in [-0.3, -0.25) is 4.79 Å². The molecule has 32 heavy (non-hydrogen) atoms. The third-order valence-electron chi connectivity index (χ3n) is 5.72. The molecular formula is C25H27FN4O2. The van der Waals surface area contributed by atoms with Crippen LogP contribution >= 0.6 is 0 Å². The zero-order chi connectivity index (χ0) is 22.5. The highest BCUT2D eigenvalue weighted by atomic mass is 19.1. The third-order valence-corrected chi connectivity index (χ3v) is 5.72. The number of aryl methyl sites for hydroxylation is 2. The maximum absolute atomic E-state index is 13.3. The molecule has 0 bridgehead atoms. The first-order valence-electron chi connectivity index (χ1n) is 10.8. The van der Waals surface area contributed by atoms with Crippen LogP contribution in [0.15, 0.2) is 60.9 Å². The summed E-state index contributed by atoms with van der Waals surface area (Å²) in [6, 6.07) is 16.3. The Morgan fingerprint density at radius 3 is 2.69 bits per heavy atom. The van der Waals surface area contributed by atoms with E-state index < -0.39 is 0 Å². The number of anilines is 1. The van der Waals surface area contributed by atoms with E-state index in [1.165, 1.54) is 24.0 Å². The van der Waals surface area contributed by atoms with Crippen molar-refractivity contribution in [3.63, 3.8) is 0 Å². The monoisotopic (exact) mass is 434 g/mol. The first-order valence-corrected chi connectivity index (χ1v) is 10.8. The lowest BCUT2D eigenvalue weighted by molar-refractivity contribution is -0.133. The van der Waals surface area contributed by atoms with Gasteiger partial charge in [0, 0.05) is 38.2 Å². The number of hydrogen-bond donors (Lipinski definition) is 0. The fourth-order valence-corrected chi connectivity index (χ4v) is 3.97. The Labute approximate surface area is 187 Å². The average Bonchev–Trinajstić information content (AvgIpc) is 2.80. The molecule has 0 saturated carbocycles. The number of hydrogen-bond acceptors (Lipinski definition) is 5. The van der Waals surface area contributed by atoms with Gasteiger partial charge in [0.05, 0.1) is 0 Å². The Bertz CT molecular complexity index is 1080. The molecule has 1 aromatic heterocycles. The minimum absolute atomic E-state index is 0.0747. The molecule has 1 amide bonds. The second kappa shape index (κ2) is 9.77. The van der Waals surface area contributed by atoms with Gasteiger partial charge in [-0.15, -0.1) is 0 Å². The summed E-state index contributed by atoms with van der Waals surface area (Å²) in [7, 11) is 0. The van der Waals surface area contributed by atoms with Gasteiger partial charge in [-0.1, -0.05) is 30.3 Å². The maximum atomic E-state index is 13.3. The Kier molecular flexibility index (Phi) is 6.63. The molecule has 166 valence electrons. The number of ether oxygens (including phenoxy) is 1. The number of halogens is 1. The molecule has 1 aliphatic rings. The summed E-state index contributed by atoms with van der Waals surface area (Å²) in [5.74, 6) is 1.58. The van der Waals surface area contributed by atoms with Crippen molar-refractivity contribution in [3.05, 3.63) is 77.9 Å². The molecule has 0 N–H and O–H groups in total. The number of piperazine rings is 1. The normalized spacial score (nSPS) is 16.2. The highest BCUT2D eigenvalue weighted by Gasteiger charge is 2.28. The van der Waals surface area contributed by atoms with E-state index in [0.29, 0.717) is 43.2 Å². The molecule has 1 atom stereocenters. The molecule has 1 aliphatic heterocycles. The van der Waals surface area contributed by atoms with Gasteiger partial charge in [-0.2, -0.15) is 0 Å². The zero-order valence-corrected chi connectivity index (χ0v) is 18.4. The summed E-state index contributed by atoms with van der Waals surface area (Å²) in [5.41, 5.74) is 1.87. The van der Waals surface area contributed by atoms with Crippen LogP contribution in [0.25, 0.3) is 0 Å². The average molecular weight is 435 g/mol. The van der Waals surface area contributed by atoms with Gasteiger partial charge < -0.3 is 14.5 Å². The molecule has 0 radical (unpaired) electrons. The second-order valence-corrected chi connectivity index (χ2v) is 8.09. The van der Waals surface area contributed by atoms with E-state index in [4.69, 9.17) is 4.74 Å². The number of carbonyl (C=O) groups excluding carboxylic acids is 1. The number of benzene rings is 2. The van der Waals surface area contributed by atoms with E-state index in [-0.39, 0.29) is 17.8 Å². The van der Waals surface area contributed by atoms with Gasteiger partial charge in [0.1, 0.15) is 23.7 Å². The molecule has 7 heteroatoms. The van der Waals surface area contributed by atoms with Gasteiger partial charge in [-0.05, 0) is 49.6 Å². The smallest absolute Gasteiger partial charge is 0.224 e. The minimum atomic E-state index is -0.302. The predicted molar refractivity (Wildman–Crippen MR) is 121 cm³/mol. The number of amides is 1. The van der Waals surface area contributed by atoms with Crippen LogP contribution < -0.4 is 9.64 Å². The first kappa shape index (κ1) is 21.7. The van der Waals surface area contributed by atoms with E-state index in [1.807, 2.05) is 23.1 Å². The molecule has 2 aromatic carbocycles. The third kappa shape index (κ3) is 5.22. The summed E-state index contributed by atoms with van der Waals surface area (Å²) in [5, 5.41) is 0. The van der Waals surface area contributed by atoms with E-state index in [9.17, 15) is 9.18 Å². The van der Waals surface area contributed by atoms with Gasteiger partial charge in [0.2, 0.25) is 11.8 Å². The topological polar surface area (TPSA) is 58.6 Å². The van der Waals surface area contributed by atoms with Crippen molar-refractivity contribution in [2.75, 3.05) is 24.5 Å². The largest absolute Gasteiger partial charge is 0.439 e. The molecular weight excluding hydrogens is 407 g/mol. The fourth-order valence-electron chi connectivity index (χ4n) is 3.97. The van der Waals surface area contributed by atoms with Crippen molar-refractivity contribution in [3.8, 4) is 11.6 Å². The summed E-state index contributed by atoms with van der Waals surface area (Å²) in [6.45, 7) is 5.87. The highest BCUT2D eigenvalue weighted by Crippen LogP contribution is 2.27. The molecule has 0 aliphatic carbocycles. The Balaban J connectivity index is 1.36. The van der Waals surface area contributed by atoms with Crippen molar-refractivity contribution < 1.29 is 13.9 Å². The molecule has 6 nitrogen and oxygen atoms in total. The number of aromatic nitrogens is 2. The molecule has 4 rings (SSSR count). The van der Waals surface area contributed by atoms with Crippen LogP contribution in [0.3, 0.4) is 0 Å². The Hall–Kier alpha value is -3.48. The van der Waals surface area contributed by atoms with Crippen molar-refractivity contribution in [2.24, 2.45) is 0 Å². The Morgan fingerprint density at radius 2 is 1.94 bits per heavy atom. The number of nitrogens with zero attached hydrogens (tertiary/aromatic N) is 4. The quantitative estimate of drug-likeness (QED) is 0.576. The van der Waals surface area contributed by atoms with Gasteiger partial charge >= 0.3 is 0 Å². The maximum Gasteiger partial charge on any atom is 0.224 e. The zero-order valence-electron chi connectivity index (χ0n) is 18.4. The van der Waals surface area contributed by atoms with Gasteiger partial charge in [0.25, 0.3) is 0 Å². The Morgan fingerprint density at radius 1 is 1.12 bits per heavy atom. The standard InChI is InChI=1S/C25H27FN4O2/c1-18-14-21(26)9-10-22(18)32-24-15-23(27-17-28-24)29-12-13-30(19(2)16-29)25(31)11-8-20-6-4-3-5-7-20/h3-7,9-10,14-15,17,19H,8,11-13,16H2,1-2H3/t19-/m1/s1. The van der Waals surface area contributed by atoms with Crippen LogP contribution in [0.4, 0.5) is 10.2 Å². The molecule has 1 saturated heterocycles. The lowest BCUT2D eigenvalue weighted by Crippen LogP contribution is -2.54. The summed E-state index contributed by atoms with van der Waals surface area (Å²) in [6.07, 6.45) is 2.73. The van der Waals surface area contributed by atoms with Crippen LogP contribution in [0, 0.1) is 12.7 Å². The van der Waals surface area contributed by atoms with Crippen LogP contribution in [-0.2, 0) is 11.2 Å². The highest BCUT2D eigenvalue weighted by molar-refractivity contribution is 5.77. The lowest BCUT2D eigenvalue weighted by Gasteiger charge is -2.40. The van der Waals surface area contributed by atoms with E-state index >= 15 is 0 Å². The molecule has 0 unspecified atom stereocenters. The summed E-state index contributed by atoms with van der Waals surface area (Å²) < 4.78 is 19.2. The number of carbonyl (C=O) groups is 1. The van der Waals surface area contributed by atoms with Crippen molar-refractivity contribution in [2.45, 2.75) is 32.7 Å². The molecule has 2 heterocycles. The van der Waals surface area contributed by atoms with E-state index in [0.717, 1.165) is 12.2 Å². The molecule has 1 fully saturated rings. The van der Waals surface area contributed by atoms with E-state index in [1.54, 1.807) is 19.1 Å².